The van der Waals surface area contributed by atoms with Crippen molar-refractivity contribution in [2.45, 2.75) is 38.1 Å². The minimum Gasteiger partial charge on any atom is -0.343 e. The maximum absolute atomic E-state index is 12.7. The third-order valence-electron chi connectivity index (χ3n) is 4.43. The van der Waals surface area contributed by atoms with Gasteiger partial charge in [0, 0.05) is 19.3 Å². The van der Waals surface area contributed by atoms with E-state index in [1.54, 1.807) is 0 Å². The molecular weight excluding hydrogens is 370 g/mol. The van der Waals surface area contributed by atoms with E-state index < -0.39 is 35.6 Å². The van der Waals surface area contributed by atoms with Crippen molar-refractivity contribution in [3.05, 3.63) is 29.3 Å². The predicted octanol–water partition coefficient (Wildman–Crippen LogP) is 0.327. The molecule has 10 nitrogen and oxygen atoms in total. The quantitative estimate of drug-likeness (QED) is 0.295. The van der Waals surface area contributed by atoms with Crippen LogP contribution in [0.4, 0.5) is 5.69 Å². The summed E-state index contributed by atoms with van der Waals surface area (Å²) in [6, 6.07) is 3.15. The first-order chi connectivity index (χ1) is 13.4. The van der Waals surface area contributed by atoms with E-state index in [1.807, 2.05) is 0 Å². The van der Waals surface area contributed by atoms with Crippen molar-refractivity contribution in [2.24, 2.45) is 0 Å². The Kier molecular flexibility index (Phi) is 5.48. The molecule has 1 aromatic rings. The second kappa shape index (κ2) is 7.99. The van der Waals surface area contributed by atoms with Crippen molar-refractivity contribution in [3.63, 3.8) is 0 Å². The first kappa shape index (κ1) is 19.2. The molecule has 2 aliphatic heterocycles. The van der Waals surface area contributed by atoms with Crippen LogP contribution < -0.4 is 10.8 Å². The lowest BCUT2D eigenvalue weighted by molar-refractivity contribution is -0.141. The largest absolute Gasteiger partial charge is 0.343 e. The van der Waals surface area contributed by atoms with E-state index in [0.717, 1.165) is 4.90 Å². The highest BCUT2D eigenvalue weighted by Gasteiger charge is 2.44. The lowest BCUT2D eigenvalue weighted by atomic mass is 10.0. The van der Waals surface area contributed by atoms with Gasteiger partial charge in [-0.05, 0) is 31.0 Å². The van der Waals surface area contributed by atoms with E-state index >= 15 is 0 Å². The van der Waals surface area contributed by atoms with Crippen molar-refractivity contribution < 1.29 is 33.6 Å². The highest BCUT2D eigenvalue weighted by Crippen LogP contribution is 2.29. The summed E-state index contributed by atoms with van der Waals surface area (Å²) in [7, 11) is 0. The van der Waals surface area contributed by atoms with Crippen LogP contribution in [-0.4, -0.2) is 46.8 Å². The van der Waals surface area contributed by atoms with Gasteiger partial charge in [-0.15, -0.1) is 0 Å². The van der Waals surface area contributed by atoms with E-state index in [2.05, 4.69) is 10.8 Å². The lowest BCUT2D eigenvalue weighted by Crippen LogP contribution is -2.54. The predicted molar refractivity (Wildman–Crippen MR) is 92.7 cm³/mol. The first-order valence-electron chi connectivity index (χ1n) is 8.67. The average molecular weight is 387 g/mol. The Morgan fingerprint density at radius 3 is 2.68 bits per heavy atom. The zero-order chi connectivity index (χ0) is 20.3. The molecule has 0 aromatic heterocycles. The number of amides is 4. The van der Waals surface area contributed by atoms with Gasteiger partial charge in [0.05, 0.1) is 16.8 Å². The zero-order valence-corrected chi connectivity index (χ0v) is 14.7. The van der Waals surface area contributed by atoms with Gasteiger partial charge in [0.1, 0.15) is 12.3 Å². The van der Waals surface area contributed by atoms with Gasteiger partial charge in [0.15, 0.2) is 0 Å². The van der Waals surface area contributed by atoms with Crippen LogP contribution in [0, 0.1) is 0 Å². The SMILES string of the molecule is O=CCCCC(=O)ONc1ccc2c(c1)C(=O)N(C1CCC(=O)NC1=O)C2=O. The van der Waals surface area contributed by atoms with Crippen LogP contribution in [0.3, 0.4) is 0 Å². The Hall–Kier alpha value is -3.56. The normalized spacial score (nSPS) is 18.6. The summed E-state index contributed by atoms with van der Waals surface area (Å²) in [5, 5.41) is 2.12. The summed E-state index contributed by atoms with van der Waals surface area (Å²) in [4.78, 5) is 76.0. The summed E-state index contributed by atoms with van der Waals surface area (Å²) >= 11 is 0. The number of imide groups is 2. The molecule has 1 fully saturated rings. The molecule has 0 aliphatic carbocycles. The second-order valence-electron chi connectivity index (χ2n) is 6.34. The van der Waals surface area contributed by atoms with Crippen LogP contribution in [0.1, 0.15) is 52.8 Å². The van der Waals surface area contributed by atoms with Crippen molar-refractivity contribution in [1.82, 2.24) is 10.2 Å². The number of nitrogens with zero attached hydrogens (tertiary/aromatic N) is 1. The molecule has 1 saturated heterocycles. The monoisotopic (exact) mass is 387 g/mol. The van der Waals surface area contributed by atoms with Crippen LogP contribution in [0.5, 0.6) is 0 Å². The summed E-state index contributed by atoms with van der Waals surface area (Å²) < 4.78 is 0. The molecule has 3 rings (SSSR count). The van der Waals surface area contributed by atoms with Gasteiger partial charge in [0.2, 0.25) is 11.8 Å². The standard InChI is InChI=1S/C18H17N3O7/c22-8-2-1-3-15(24)28-20-10-4-5-11-12(9-10)18(27)21(17(11)26)13-6-7-14(23)19-16(13)25/h4-5,8-9,13,20H,1-3,6-7H2,(H,19,23,25). The van der Waals surface area contributed by atoms with Crippen LogP contribution in [0.15, 0.2) is 18.2 Å². The van der Waals surface area contributed by atoms with Gasteiger partial charge >= 0.3 is 5.97 Å². The Morgan fingerprint density at radius 1 is 1.21 bits per heavy atom. The summed E-state index contributed by atoms with van der Waals surface area (Å²) in [5.74, 6) is -2.98. The lowest BCUT2D eigenvalue weighted by Gasteiger charge is -2.27. The molecule has 2 heterocycles. The number of aldehydes is 1. The first-order valence-corrected chi connectivity index (χ1v) is 8.67. The Morgan fingerprint density at radius 2 is 1.96 bits per heavy atom. The molecule has 1 aromatic carbocycles. The third-order valence-corrected chi connectivity index (χ3v) is 4.43. The highest BCUT2D eigenvalue weighted by atomic mass is 16.7. The van der Waals surface area contributed by atoms with Gasteiger partial charge in [0.25, 0.3) is 11.8 Å². The van der Waals surface area contributed by atoms with Crippen LogP contribution >= 0.6 is 0 Å². The minimum absolute atomic E-state index is 0.0384. The Bertz CT molecular complexity index is 880. The molecule has 2 N–H and O–H groups in total. The maximum Gasteiger partial charge on any atom is 0.332 e. The van der Waals surface area contributed by atoms with Crippen LogP contribution in [-0.2, 0) is 24.0 Å². The van der Waals surface area contributed by atoms with Crippen LogP contribution in [0.2, 0.25) is 0 Å². The van der Waals surface area contributed by atoms with Gasteiger partial charge in [-0.1, -0.05) is 0 Å². The maximum atomic E-state index is 12.7. The highest BCUT2D eigenvalue weighted by molar-refractivity contribution is 6.23. The van der Waals surface area contributed by atoms with E-state index in [9.17, 15) is 28.8 Å². The number of hydrogen-bond donors (Lipinski definition) is 2. The molecule has 0 spiro atoms. The van der Waals surface area contributed by atoms with Gasteiger partial charge in [-0.2, -0.15) is 0 Å². The number of nitrogens with one attached hydrogen (secondary N) is 2. The molecule has 10 heteroatoms. The van der Waals surface area contributed by atoms with Crippen molar-refractivity contribution in [1.29, 1.82) is 0 Å². The number of hydrogen-bond acceptors (Lipinski definition) is 8. The molecule has 0 radical (unpaired) electrons. The number of anilines is 1. The molecule has 2 aliphatic rings. The van der Waals surface area contributed by atoms with Crippen molar-refractivity contribution >= 4 is 41.6 Å². The number of rotatable bonds is 7. The smallest absolute Gasteiger partial charge is 0.332 e. The van der Waals surface area contributed by atoms with E-state index in [-0.39, 0.29) is 42.5 Å². The molecule has 28 heavy (non-hydrogen) atoms. The number of carbonyl (C=O) groups excluding carboxylic acids is 6. The molecule has 0 bridgehead atoms. The Labute approximate surface area is 159 Å². The number of piperidine rings is 1. The van der Waals surface area contributed by atoms with Crippen molar-refractivity contribution in [2.75, 3.05) is 5.48 Å². The third kappa shape index (κ3) is 3.75. The van der Waals surface area contributed by atoms with Gasteiger partial charge in [-0.25, -0.2) is 10.3 Å². The fraction of sp³-hybridized carbons (Fsp3) is 0.333. The molecule has 0 saturated carbocycles. The average Bonchev–Trinajstić information content (AvgIpc) is 2.91. The fourth-order valence-corrected chi connectivity index (χ4v) is 3.03. The number of carbonyl (C=O) groups is 6. The molecule has 1 atom stereocenters. The molecular formula is C18H17N3O7. The van der Waals surface area contributed by atoms with Crippen molar-refractivity contribution in [3.8, 4) is 0 Å². The minimum atomic E-state index is -1.04. The van der Waals surface area contributed by atoms with Crippen LogP contribution in [0.25, 0.3) is 0 Å². The topological polar surface area (TPSA) is 139 Å². The Balaban J connectivity index is 1.69. The van der Waals surface area contributed by atoms with Gasteiger partial charge in [-0.3, -0.25) is 29.4 Å². The fourth-order valence-electron chi connectivity index (χ4n) is 3.03. The summed E-state index contributed by atoms with van der Waals surface area (Å²) in [6.45, 7) is 0. The molecule has 4 amide bonds. The zero-order valence-electron chi connectivity index (χ0n) is 14.7. The summed E-state index contributed by atoms with van der Waals surface area (Å²) in [5.41, 5.74) is 2.86. The summed E-state index contributed by atoms with van der Waals surface area (Å²) in [6.07, 6.45) is 1.48. The number of unbranched alkanes of at least 4 members (excludes halogenated alkanes) is 1. The van der Waals surface area contributed by atoms with Gasteiger partial charge < -0.3 is 9.63 Å². The van der Waals surface area contributed by atoms with E-state index in [0.29, 0.717) is 12.7 Å². The second-order valence-corrected chi connectivity index (χ2v) is 6.34. The number of benzene rings is 1. The molecule has 1 unspecified atom stereocenters. The van der Waals surface area contributed by atoms with E-state index in [4.69, 9.17) is 4.84 Å². The van der Waals surface area contributed by atoms with E-state index in [1.165, 1.54) is 18.2 Å². The molecule has 146 valence electrons. The number of fused-ring (bicyclic) bond motifs is 1.